The second-order valence-electron chi connectivity index (χ2n) is 4.76. The van der Waals surface area contributed by atoms with Gasteiger partial charge in [-0.15, -0.1) is 4.37 Å². The molecule has 2 atom stereocenters. The van der Waals surface area contributed by atoms with Gasteiger partial charge in [-0.25, -0.2) is 0 Å². The molecule has 2 rings (SSSR count). The summed E-state index contributed by atoms with van der Waals surface area (Å²) in [6.45, 7) is 2.39. The van der Waals surface area contributed by atoms with E-state index in [1.165, 1.54) is 23.3 Å². The molecule has 1 heterocycles. The number of Topliss-reactive ketones (excluding diaryl/α,β-unsaturated/α-hetero) is 1. The van der Waals surface area contributed by atoms with E-state index < -0.39 is 0 Å². The second kappa shape index (κ2) is 7.74. The fourth-order valence-corrected chi connectivity index (χ4v) is 3.29. The minimum absolute atomic E-state index is 0.161. The Bertz CT molecular complexity index is 506. The molecule has 0 spiro atoms. The molecule has 1 aromatic rings. The zero-order valence-electron chi connectivity index (χ0n) is 12.0. The Kier molecular flexibility index (Phi) is 5.98. The number of ketones is 1. The highest BCUT2D eigenvalue weighted by Crippen LogP contribution is 2.30. The van der Waals surface area contributed by atoms with Gasteiger partial charge in [0.2, 0.25) is 0 Å². The van der Waals surface area contributed by atoms with Gasteiger partial charge in [0.25, 0.3) is 0 Å². The number of carbonyl (C=O) groups excluding carboxylic acids is 2. The summed E-state index contributed by atoms with van der Waals surface area (Å²) in [5.41, 5.74) is 0. The Morgan fingerprint density at radius 3 is 3.00 bits per heavy atom. The molecule has 0 bridgehead atoms. The zero-order valence-corrected chi connectivity index (χ0v) is 13.7. The van der Waals surface area contributed by atoms with Gasteiger partial charge in [0.15, 0.2) is 4.34 Å². The minimum atomic E-state index is -0.277. The summed E-state index contributed by atoms with van der Waals surface area (Å²) in [4.78, 5) is 27.8. The van der Waals surface area contributed by atoms with Crippen LogP contribution in [0.4, 0.5) is 0 Å². The standard InChI is InChI=1S/C13H18N2O4S2/c1-3-18-11(17)10-5-4-9(16)6-8(10)7-19-12-14-13(20-2)21-15-12/h8,10H,3-7H2,1-2H3. The van der Waals surface area contributed by atoms with E-state index in [9.17, 15) is 9.59 Å². The maximum Gasteiger partial charge on any atom is 0.329 e. The third-order valence-electron chi connectivity index (χ3n) is 3.37. The highest BCUT2D eigenvalue weighted by Gasteiger charge is 2.36. The van der Waals surface area contributed by atoms with E-state index >= 15 is 0 Å². The number of hydrogen-bond donors (Lipinski definition) is 0. The Morgan fingerprint density at radius 2 is 2.33 bits per heavy atom. The van der Waals surface area contributed by atoms with Crippen molar-refractivity contribution < 1.29 is 19.1 Å². The van der Waals surface area contributed by atoms with Crippen LogP contribution in [-0.4, -0.2) is 40.6 Å². The molecule has 0 aromatic carbocycles. The maximum atomic E-state index is 12.0. The van der Waals surface area contributed by atoms with Crippen LogP contribution in [0.1, 0.15) is 26.2 Å². The highest BCUT2D eigenvalue weighted by atomic mass is 32.2. The van der Waals surface area contributed by atoms with Crippen LogP contribution in [0, 0.1) is 11.8 Å². The Balaban J connectivity index is 1.96. The summed E-state index contributed by atoms with van der Waals surface area (Å²) in [5.74, 6) is -0.511. The van der Waals surface area contributed by atoms with E-state index in [1.54, 1.807) is 6.92 Å². The van der Waals surface area contributed by atoms with E-state index in [-0.39, 0.29) is 30.2 Å². The lowest BCUT2D eigenvalue weighted by Gasteiger charge is -2.28. The molecule has 1 aliphatic rings. The second-order valence-corrected chi connectivity index (χ2v) is 6.56. The number of esters is 1. The average Bonchev–Trinajstić information content (AvgIpc) is 2.93. The molecule has 1 saturated carbocycles. The van der Waals surface area contributed by atoms with Crippen molar-refractivity contribution in [3.05, 3.63) is 0 Å². The maximum absolute atomic E-state index is 12.0. The van der Waals surface area contributed by atoms with Crippen LogP contribution >= 0.6 is 23.3 Å². The van der Waals surface area contributed by atoms with Gasteiger partial charge in [-0.2, -0.15) is 4.98 Å². The quantitative estimate of drug-likeness (QED) is 0.584. The molecule has 0 saturated heterocycles. The average molecular weight is 330 g/mol. The number of nitrogens with zero attached hydrogens (tertiary/aromatic N) is 2. The van der Waals surface area contributed by atoms with Crippen LogP contribution in [0.2, 0.25) is 0 Å². The summed E-state index contributed by atoms with van der Waals surface area (Å²) in [5, 5.41) is 0. The number of thioether (sulfide) groups is 1. The van der Waals surface area contributed by atoms with E-state index in [0.29, 0.717) is 31.9 Å². The summed E-state index contributed by atoms with van der Waals surface area (Å²) in [7, 11) is 0. The molecule has 6 nitrogen and oxygen atoms in total. The zero-order chi connectivity index (χ0) is 15.2. The summed E-state index contributed by atoms with van der Waals surface area (Å²) >= 11 is 2.77. The van der Waals surface area contributed by atoms with Crippen molar-refractivity contribution in [1.82, 2.24) is 9.36 Å². The first-order valence-corrected chi connectivity index (χ1v) is 8.82. The third-order valence-corrected chi connectivity index (χ3v) is 5.03. The van der Waals surface area contributed by atoms with Gasteiger partial charge in [-0.3, -0.25) is 9.59 Å². The molecule has 1 aliphatic carbocycles. The van der Waals surface area contributed by atoms with Crippen molar-refractivity contribution in [2.24, 2.45) is 11.8 Å². The Morgan fingerprint density at radius 1 is 1.52 bits per heavy atom. The minimum Gasteiger partial charge on any atom is -0.466 e. The molecule has 1 fully saturated rings. The van der Waals surface area contributed by atoms with E-state index in [0.717, 1.165) is 4.34 Å². The molecular weight excluding hydrogens is 312 g/mol. The summed E-state index contributed by atoms with van der Waals surface area (Å²) in [6, 6.07) is 0.310. The first kappa shape index (κ1) is 16.2. The van der Waals surface area contributed by atoms with Crippen molar-refractivity contribution in [3.63, 3.8) is 0 Å². The van der Waals surface area contributed by atoms with Gasteiger partial charge in [-0.1, -0.05) is 11.8 Å². The first-order valence-electron chi connectivity index (χ1n) is 6.82. The number of aromatic nitrogens is 2. The van der Waals surface area contributed by atoms with Crippen LogP contribution in [0.3, 0.4) is 0 Å². The number of carbonyl (C=O) groups is 2. The first-order chi connectivity index (χ1) is 10.1. The van der Waals surface area contributed by atoms with Crippen LogP contribution in [0.25, 0.3) is 0 Å². The van der Waals surface area contributed by atoms with E-state index in [1.807, 2.05) is 6.26 Å². The van der Waals surface area contributed by atoms with Crippen LogP contribution in [-0.2, 0) is 14.3 Å². The molecule has 21 heavy (non-hydrogen) atoms. The normalized spacial score (nSPS) is 22.1. The molecule has 1 aromatic heterocycles. The van der Waals surface area contributed by atoms with Crippen LogP contribution < -0.4 is 4.74 Å². The van der Waals surface area contributed by atoms with E-state index in [2.05, 4.69) is 9.36 Å². The topological polar surface area (TPSA) is 78.4 Å². The number of hydrogen-bond acceptors (Lipinski definition) is 8. The smallest absolute Gasteiger partial charge is 0.329 e. The molecule has 0 N–H and O–H groups in total. The van der Waals surface area contributed by atoms with Gasteiger partial charge in [0, 0.05) is 18.8 Å². The highest BCUT2D eigenvalue weighted by molar-refractivity contribution is 8.00. The summed E-state index contributed by atoms with van der Waals surface area (Å²) in [6.07, 6.45) is 3.24. The molecule has 0 aliphatic heterocycles. The van der Waals surface area contributed by atoms with Gasteiger partial charge in [0.05, 0.1) is 19.1 Å². The van der Waals surface area contributed by atoms with Gasteiger partial charge in [-0.05, 0) is 31.1 Å². The Labute approximate surface area is 131 Å². The van der Waals surface area contributed by atoms with E-state index in [4.69, 9.17) is 9.47 Å². The van der Waals surface area contributed by atoms with Crippen LogP contribution in [0.5, 0.6) is 6.01 Å². The summed E-state index contributed by atoms with van der Waals surface area (Å²) < 4.78 is 15.5. The largest absolute Gasteiger partial charge is 0.466 e. The fourth-order valence-electron chi connectivity index (χ4n) is 2.34. The van der Waals surface area contributed by atoms with Crippen LogP contribution in [0.15, 0.2) is 4.34 Å². The van der Waals surface area contributed by atoms with Gasteiger partial charge >= 0.3 is 12.0 Å². The SMILES string of the molecule is CCOC(=O)C1CCC(=O)CC1COc1nsc(SC)n1. The fraction of sp³-hybridized carbons (Fsp3) is 0.692. The monoisotopic (exact) mass is 330 g/mol. The Hall–Kier alpha value is -1.15. The van der Waals surface area contributed by atoms with Crippen molar-refractivity contribution in [1.29, 1.82) is 0 Å². The number of rotatable bonds is 6. The molecule has 0 radical (unpaired) electrons. The predicted molar refractivity (Wildman–Crippen MR) is 79.7 cm³/mol. The molecule has 116 valence electrons. The molecular formula is C13H18N2O4S2. The number of ether oxygens (including phenoxy) is 2. The molecule has 2 unspecified atom stereocenters. The molecule has 8 heteroatoms. The van der Waals surface area contributed by atoms with Crippen molar-refractivity contribution in [3.8, 4) is 6.01 Å². The van der Waals surface area contributed by atoms with Gasteiger partial charge in [0.1, 0.15) is 5.78 Å². The van der Waals surface area contributed by atoms with Crippen molar-refractivity contribution >= 4 is 35.0 Å². The molecule has 0 amide bonds. The lowest BCUT2D eigenvalue weighted by atomic mass is 9.79. The van der Waals surface area contributed by atoms with Gasteiger partial charge < -0.3 is 9.47 Å². The van der Waals surface area contributed by atoms with Crippen molar-refractivity contribution in [2.45, 2.75) is 30.5 Å². The lowest BCUT2D eigenvalue weighted by molar-refractivity contribution is -0.152. The lowest BCUT2D eigenvalue weighted by Crippen LogP contribution is -2.35. The van der Waals surface area contributed by atoms with Crippen molar-refractivity contribution in [2.75, 3.05) is 19.5 Å². The predicted octanol–water partition coefficient (Wildman–Crippen LogP) is 2.19. The third kappa shape index (κ3) is 4.41.